The van der Waals surface area contributed by atoms with E-state index in [0.29, 0.717) is 13.1 Å². The van der Waals surface area contributed by atoms with Gasteiger partial charge in [-0.2, -0.15) is 0 Å². The summed E-state index contributed by atoms with van der Waals surface area (Å²) in [6, 6.07) is 4.14. The smallest absolute Gasteiger partial charge is 0.223 e. The van der Waals surface area contributed by atoms with Gasteiger partial charge in [-0.3, -0.25) is 9.78 Å². The van der Waals surface area contributed by atoms with Gasteiger partial charge in [0.1, 0.15) is 0 Å². The highest BCUT2D eigenvalue weighted by molar-refractivity contribution is 7.94. The van der Waals surface area contributed by atoms with Gasteiger partial charge in [-0.15, -0.1) is 0 Å². The molecule has 1 amide bonds. The van der Waals surface area contributed by atoms with Crippen molar-refractivity contribution in [2.75, 3.05) is 36.8 Å². The van der Waals surface area contributed by atoms with Crippen molar-refractivity contribution in [3.8, 4) is 0 Å². The lowest BCUT2D eigenvalue weighted by atomic mass is 10.1. The van der Waals surface area contributed by atoms with Crippen LogP contribution >= 0.6 is 0 Å². The van der Waals surface area contributed by atoms with Gasteiger partial charge in [0.05, 0.1) is 5.75 Å². The highest BCUT2D eigenvalue weighted by Crippen LogP contribution is 2.21. The van der Waals surface area contributed by atoms with Crippen LogP contribution in [-0.4, -0.2) is 56.1 Å². The predicted molar refractivity (Wildman–Crippen MR) is 93.5 cm³/mol. The standard InChI is InChI=1S/C17H23N3O3S/c1-13-9-16(10-14(2)18-13)19-4-6-20(7-5-19)17(21)11-15-3-8-24(22,23)12-15/h3,8-10,15H,4-7,11-12H2,1-2H3/t15-/m1/s1. The Morgan fingerprint density at radius 1 is 1.17 bits per heavy atom. The Morgan fingerprint density at radius 2 is 1.79 bits per heavy atom. The fourth-order valence-corrected chi connectivity index (χ4v) is 4.73. The van der Waals surface area contributed by atoms with Crippen LogP contribution in [0.15, 0.2) is 23.6 Å². The van der Waals surface area contributed by atoms with Gasteiger partial charge in [-0.1, -0.05) is 6.08 Å². The van der Waals surface area contributed by atoms with Crippen LogP contribution in [0.25, 0.3) is 0 Å². The Kier molecular flexibility index (Phi) is 4.62. The van der Waals surface area contributed by atoms with Crippen molar-refractivity contribution in [1.29, 1.82) is 0 Å². The summed E-state index contributed by atoms with van der Waals surface area (Å²) in [4.78, 5) is 20.9. The van der Waals surface area contributed by atoms with Crippen molar-refractivity contribution in [2.45, 2.75) is 20.3 Å². The fraction of sp³-hybridized carbons (Fsp3) is 0.529. The summed E-state index contributed by atoms with van der Waals surface area (Å²) in [5, 5.41) is 1.23. The summed E-state index contributed by atoms with van der Waals surface area (Å²) in [6.45, 7) is 6.88. The number of anilines is 1. The maximum Gasteiger partial charge on any atom is 0.223 e. The average molecular weight is 349 g/mol. The highest BCUT2D eigenvalue weighted by atomic mass is 32.2. The van der Waals surface area contributed by atoms with Crippen molar-refractivity contribution in [2.24, 2.45) is 5.92 Å². The molecule has 130 valence electrons. The molecule has 3 rings (SSSR count). The maximum atomic E-state index is 12.4. The number of rotatable bonds is 3. The maximum absolute atomic E-state index is 12.4. The topological polar surface area (TPSA) is 70.6 Å². The summed E-state index contributed by atoms with van der Waals surface area (Å²) in [5.74, 6) is -0.0663. The zero-order valence-electron chi connectivity index (χ0n) is 14.1. The number of sulfone groups is 1. The number of piperazine rings is 1. The van der Waals surface area contributed by atoms with E-state index in [9.17, 15) is 13.2 Å². The first-order chi connectivity index (χ1) is 11.3. The number of hydrogen-bond donors (Lipinski definition) is 0. The number of allylic oxidation sites excluding steroid dienone is 1. The van der Waals surface area contributed by atoms with Crippen molar-refractivity contribution in [3.63, 3.8) is 0 Å². The molecule has 1 aromatic rings. The molecular weight excluding hydrogens is 326 g/mol. The third-order valence-electron chi connectivity index (χ3n) is 4.51. The third kappa shape index (κ3) is 3.95. The molecule has 0 aliphatic carbocycles. The molecule has 1 fully saturated rings. The number of aryl methyl sites for hydroxylation is 2. The largest absolute Gasteiger partial charge is 0.368 e. The van der Waals surface area contributed by atoms with Crippen LogP contribution in [0.4, 0.5) is 5.69 Å². The Hall–Kier alpha value is -1.89. The number of aromatic nitrogens is 1. The summed E-state index contributed by atoms with van der Waals surface area (Å²) >= 11 is 0. The van der Waals surface area contributed by atoms with E-state index in [1.165, 1.54) is 5.41 Å². The number of amides is 1. The van der Waals surface area contributed by atoms with Gasteiger partial charge in [0, 0.05) is 61.0 Å². The highest BCUT2D eigenvalue weighted by Gasteiger charge is 2.27. The van der Waals surface area contributed by atoms with Crippen LogP contribution in [0.3, 0.4) is 0 Å². The molecule has 3 heterocycles. The summed E-state index contributed by atoms with van der Waals surface area (Å²) < 4.78 is 22.9. The molecule has 0 N–H and O–H groups in total. The lowest BCUT2D eigenvalue weighted by Crippen LogP contribution is -2.49. The van der Waals surface area contributed by atoms with Crippen LogP contribution in [0.2, 0.25) is 0 Å². The molecular formula is C17H23N3O3S. The van der Waals surface area contributed by atoms with Crippen LogP contribution in [0.1, 0.15) is 17.8 Å². The zero-order valence-corrected chi connectivity index (χ0v) is 14.9. The van der Waals surface area contributed by atoms with Crippen LogP contribution < -0.4 is 4.90 Å². The van der Waals surface area contributed by atoms with Crippen LogP contribution in [0, 0.1) is 19.8 Å². The predicted octanol–water partition coefficient (Wildman–Crippen LogP) is 1.30. The number of nitrogens with zero attached hydrogens (tertiary/aromatic N) is 3. The first-order valence-corrected chi connectivity index (χ1v) is 9.93. The van der Waals surface area contributed by atoms with Gasteiger partial charge in [0.15, 0.2) is 9.84 Å². The normalized spacial score (nSPS) is 22.8. The van der Waals surface area contributed by atoms with Crippen molar-refractivity contribution in [1.82, 2.24) is 9.88 Å². The lowest BCUT2D eigenvalue weighted by Gasteiger charge is -2.36. The summed E-state index contributed by atoms with van der Waals surface area (Å²) in [5.41, 5.74) is 3.15. The van der Waals surface area contributed by atoms with E-state index in [4.69, 9.17) is 0 Å². The Bertz CT molecular complexity index is 745. The lowest BCUT2D eigenvalue weighted by molar-refractivity contribution is -0.132. The Morgan fingerprint density at radius 3 is 2.33 bits per heavy atom. The van der Waals surface area contributed by atoms with E-state index in [2.05, 4.69) is 22.0 Å². The molecule has 0 unspecified atom stereocenters. The van der Waals surface area contributed by atoms with Crippen molar-refractivity contribution < 1.29 is 13.2 Å². The van der Waals surface area contributed by atoms with Gasteiger partial charge in [0.2, 0.25) is 5.91 Å². The number of hydrogen-bond acceptors (Lipinski definition) is 5. The molecule has 1 saturated heterocycles. The van der Waals surface area contributed by atoms with E-state index in [0.717, 1.165) is 30.2 Å². The molecule has 2 aliphatic heterocycles. The van der Waals surface area contributed by atoms with Crippen LogP contribution in [-0.2, 0) is 14.6 Å². The van der Waals surface area contributed by atoms with Gasteiger partial charge in [-0.05, 0) is 26.0 Å². The second kappa shape index (κ2) is 6.55. The molecule has 0 saturated carbocycles. The van der Waals surface area contributed by atoms with Crippen LogP contribution in [0.5, 0.6) is 0 Å². The minimum absolute atomic E-state index is 0.0449. The zero-order chi connectivity index (χ0) is 17.3. The average Bonchev–Trinajstić information content (AvgIpc) is 2.85. The first kappa shape index (κ1) is 17.0. The second-order valence-corrected chi connectivity index (χ2v) is 8.53. The molecule has 1 aromatic heterocycles. The number of carbonyl (C=O) groups excluding carboxylic acids is 1. The van der Waals surface area contributed by atoms with E-state index >= 15 is 0 Å². The fourth-order valence-electron chi connectivity index (χ4n) is 3.33. The molecule has 6 nitrogen and oxygen atoms in total. The second-order valence-electron chi connectivity index (χ2n) is 6.60. The van der Waals surface area contributed by atoms with Gasteiger partial charge >= 0.3 is 0 Å². The molecule has 24 heavy (non-hydrogen) atoms. The van der Waals surface area contributed by atoms with E-state index in [1.54, 1.807) is 6.08 Å². The summed E-state index contributed by atoms with van der Waals surface area (Å²) in [6.07, 6.45) is 1.93. The van der Waals surface area contributed by atoms with E-state index < -0.39 is 9.84 Å². The molecule has 1 atom stereocenters. The molecule has 2 aliphatic rings. The van der Waals surface area contributed by atoms with Gasteiger partial charge < -0.3 is 9.80 Å². The third-order valence-corrected chi connectivity index (χ3v) is 5.97. The summed E-state index contributed by atoms with van der Waals surface area (Å²) in [7, 11) is -3.09. The minimum atomic E-state index is -3.09. The number of carbonyl (C=O) groups is 1. The molecule has 0 aromatic carbocycles. The molecule has 7 heteroatoms. The molecule has 0 spiro atoms. The monoisotopic (exact) mass is 349 g/mol. The van der Waals surface area contributed by atoms with E-state index in [-0.39, 0.29) is 24.0 Å². The first-order valence-electron chi connectivity index (χ1n) is 8.21. The molecule has 0 bridgehead atoms. The minimum Gasteiger partial charge on any atom is -0.368 e. The van der Waals surface area contributed by atoms with Gasteiger partial charge in [-0.25, -0.2) is 8.42 Å². The Balaban J connectivity index is 1.55. The molecule has 0 radical (unpaired) electrons. The number of pyridine rings is 1. The van der Waals surface area contributed by atoms with Gasteiger partial charge in [0.25, 0.3) is 0 Å². The quantitative estimate of drug-likeness (QED) is 0.822. The van der Waals surface area contributed by atoms with Crippen molar-refractivity contribution >= 4 is 21.4 Å². The SMILES string of the molecule is Cc1cc(N2CCN(C(=O)C[C@H]3C=CS(=O)(=O)C3)CC2)cc(C)n1. The van der Waals surface area contributed by atoms with E-state index in [1.807, 2.05) is 18.7 Å². The van der Waals surface area contributed by atoms with Crippen molar-refractivity contribution in [3.05, 3.63) is 35.0 Å². The Labute approximate surface area is 143 Å².